The van der Waals surface area contributed by atoms with E-state index in [1.165, 1.54) is 5.56 Å². The van der Waals surface area contributed by atoms with Gasteiger partial charge in [-0.1, -0.05) is 78.5 Å². The van der Waals surface area contributed by atoms with E-state index in [1.54, 1.807) is 0 Å². The molecule has 0 spiro atoms. The minimum atomic E-state index is -1.94. The van der Waals surface area contributed by atoms with Crippen LogP contribution in [0.5, 0.6) is 0 Å². The molecule has 0 radical (unpaired) electrons. The zero-order chi connectivity index (χ0) is 18.8. The standard InChI is InChI=1S/C22H34O2Si/c1-8-19-11-9-10-12-21(19)22(13-20(23)14-22)15-24-25(16(2)3,17(4)5)18(6)7/h8-12,16-18H,1,13-15H2,2-7H3. The molecule has 1 aliphatic rings. The van der Waals surface area contributed by atoms with Crippen molar-refractivity contribution in [1.82, 2.24) is 0 Å². The summed E-state index contributed by atoms with van der Waals surface area (Å²) >= 11 is 0. The minimum Gasteiger partial charge on any atom is -0.415 e. The highest BCUT2D eigenvalue weighted by Crippen LogP contribution is 2.48. The van der Waals surface area contributed by atoms with Crippen LogP contribution in [0.1, 0.15) is 65.5 Å². The van der Waals surface area contributed by atoms with Gasteiger partial charge in [0.25, 0.3) is 0 Å². The number of hydrogen-bond donors (Lipinski definition) is 0. The van der Waals surface area contributed by atoms with Crippen LogP contribution in [0.2, 0.25) is 16.6 Å². The first-order valence-electron chi connectivity index (χ1n) is 9.57. The molecule has 1 aliphatic carbocycles. The van der Waals surface area contributed by atoms with E-state index in [-0.39, 0.29) is 5.41 Å². The number of carbonyl (C=O) groups is 1. The summed E-state index contributed by atoms with van der Waals surface area (Å²) in [5.41, 5.74) is 3.84. The maximum Gasteiger partial charge on any atom is 0.200 e. The highest BCUT2D eigenvalue weighted by atomic mass is 28.4. The molecule has 1 fully saturated rings. The molecule has 0 saturated heterocycles. The predicted molar refractivity (Wildman–Crippen MR) is 109 cm³/mol. The molecule has 0 amide bonds. The smallest absolute Gasteiger partial charge is 0.200 e. The molecule has 0 atom stereocenters. The second kappa shape index (κ2) is 7.59. The number of hydrogen-bond acceptors (Lipinski definition) is 2. The van der Waals surface area contributed by atoms with Crippen molar-refractivity contribution < 1.29 is 9.22 Å². The van der Waals surface area contributed by atoms with E-state index in [1.807, 2.05) is 12.1 Å². The lowest BCUT2D eigenvalue weighted by atomic mass is 9.63. The lowest BCUT2D eigenvalue weighted by Gasteiger charge is -2.48. The fourth-order valence-electron chi connectivity index (χ4n) is 4.99. The lowest BCUT2D eigenvalue weighted by molar-refractivity contribution is -0.129. The summed E-state index contributed by atoms with van der Waals surface area (Å²) in [6.07, 6.45) is 3.09. The first kappa shape index (κ1) is 20.1. The Morgan fingerprint density at radius 1 is 1.08 bits per heavy atom. The van der Waals surface area contributed by atoms with Gasteiger partial charge in [0.05, 0.1) is 0 Å². The molecule has 0 unspecified atom stereocenters. The third-order valence-corrected chi connectivity index (χ3v) is 12.2. The Kier molecular flexibility index (Phi) is 6.11. The van der Waals surface area contributed by atoms with Crippen LogP contribution in [0.25, 0.3) is 6.08 Å². The van der Waals surface area contributed by atoms with Gasteiger partial charge in [0.1, 0.15) is 5.78 Å². The van der Waals surface area contributed by atoms with Crippen molar-refractivity contribution >= 4 is 20.2 Å². The van der Waals surface area contributed by atoms with Crippen LogP contribution < -0.4 is 0 Å². The molecule has 3 heteroatoms. The van der Waals surface area contributed by atoms with Gasteiger partial charge in [0.2, 0.25) is 0 Å². The molecule has 1 aromatic rings. The Morgan fingerprint density at radius 3 is 2.04 bits per heavy atom. The Labute approximate surface area is 154 Å². The molecule has 0 aromatic heterocycles. The van der Waals surface area contributed by atoms with Crippen LogP contribution >= 0.6 is 0 Å². The first-order valence-corrected chi connectivity index (χ1v) is 11.7. The van der Waals surface area contributed by atoms with Crippen LogP contribution in [0.4, 0.5) is 0 Å². The van der Waals surface area contributed by atoms with Crippen molar-refractivity contribution in [1.29, 1.82) is 0 Å². The maximum atomic E-state index is 11.9. The number of carbonyl (C=O) groups excluding carboxylic acids is 1. The van der Waals surface area contributed by atoms with Crippen molar-refractivity contribution in [2.24, 2.45) is 0 Å². The van der Waals surface area contributed by atoms with Crippen LogP contribution in [-0.4, -0.2) is 20.7 Å². The topological polar surface area (TPSA) is 26.3 Å². The van der Waals surface area contributed by atoms with Crippen molar-refractivity contribution in [2.75, 3.05) is 6.61 Å². The number of rotatable bonds is 8. The minimum absolute atomic E-state index is 0.168. The zero-order valence-electron chi connectivity index (χ0n) is 16.8. The predicted octanol–water partition coefficient (Wildman–Crippen LogP) is 6.12. The van der Waals surface area contributed by atoms with Gasteiger partial charge in [-0.15, -0.1) is 0 Å². The summed E-state index contributed by atoms with van der Waals surface area (Å²) in [5, 5.41) is 0. The van der Waals surface area contributed by atoms with E-state index in [9.17, 15) is 4.79 Å². The highest BCUT2D eigenvalue weighted by Gasteiger charge is 2.51. The SMILES string of the molecule is C=Cc1ccccc1C1(CO[Si](C(C)C)(C(C)C)C(C)C)CC(=O)C1. The molecule has 25 heavy (non-hydrogen) atoms. The molecule has 0 bridgehead atoms. The third-order valence-electron chi connectivity index (χ3n) is 6.13. The zero-order valence-corrected chi connectivity index (χ0v) is 17.8. The quantitative estimate of drug-likeness (QED) is 0.523. The molecule has 138 valence electrons. The molecule has 0 N–H and O–H groups in total. The van der Waals surface area contributed by atoms with Crippen molar-refractivity contribution in [3.8, 4) is 0 Å². The van der Waals surface area contributed by atoms with Gasteiger partial charge in [-0.2, -0.15) is 0 Å². The summed E-state index contributed by atoms with van der Waals surface area (Å²) < 4.78 is 6.88. The molecule has 2 rings (SSSR count). The van der Waals surface area contributed by atoms with E-state index in [4.69, 9.17) is 4.43 Å². The highest BCUT2D eigenvalue weighted by molar-refractivity contribution is 6.77. The van der Waals surface area contributed by atoms with Crippen LogP contribution in [-0.2, 0) is 14.6 Å². The third kappa shape index (κ3) is 3.54. The fraction of sp³-hybridized carbons (Fsp3) is 0.591. The van der Waals surface area contributed by atoms with E-state index >= 15 is 0 Å². The van der Waals surface area contributed by atoms with Crippen molar-refractivity contribution in [3.63, 3.8) is 0 Å². The monoisotopic (exact) mass is 358 g/mol. The molecule has 2 nitrogen and oxygen atoms in total. The molecular formula is C22H34O2Si. The Bertz CT molecular complexity index is 601. The average molecular weight is 359 g/mol. The molecule has 1 saturated carbocycles. The van der Waals surface area contributed by atoms with Gasteiger partial charge < -0.3 is 4.43 Å². The summed E-state index contributed by atoms with van der Waals surface area (Å²) in [6, 6.07) is 8.33. The van der Waals surface area contributed by atoms with Crippen LogP contribution in [0.3, 0.4) is 0 Å². The average Bonchev–Trinajstić information content (AvgIpc) is 2.52. The summed E-state index contributed by atoms with van der Waals surface area (Å²) in [4.78, 5) is 11.9. The maximum absolute atomic E-state index is 11.9. The van der Waals surface area contributed by atoms with Crippen molar-refractivity contribution in [2.45, 2.75) is 76.4 Å². The second-order valence-corrected chi connectivity index (χ2v) is 14.0. The fourth-order valence-corrected chi connectivity index (χ4v) is 10.5. The summed E-state index contributed by atoms with van der Waals surface area (Å²) in [5.74, 6) is 0.341. The second-order valence-electron chi connectivity index (χ2n) is 8.57. The number of benzene rings is 1. The normalized spacial score (nSPS) is 17.2. The van der Waals surface area contributed by atoms with Gasteiger partial charge in [-0.25, -0.2) is 0 Å². The first-order chi connectivity index (χ1) is 11.7. The van der Waals surface area contributed by atoms with Crippen LogP contribution in [0, 0.1) is 0 Å². The van der Waals surface area contributed by atoms with E-state index in [2.05, 4.69) is 66.3 Å². The van der Waals surface area contributed by atoms with Gasteiger partial charge in [0.15, 0.2) is 8.32 Å². The van der Waals surface area contributed by atoms with Gasteiger partial charge in [-0.05, 0) is 27.8 Å². The molecule has 0 aliphatic heterocycles. The number of Topliss-reactive ketones (excluding diaryl/α,β-unsaturated/α-hetero) is 1. The van der Waals surface area contributed by atoms with E-state index in [0.29, 0.717) is 41.9 Å². The van der Waals surface area contributed by atoms with Crippen molar-refractivity contribution in [3.05, 3.63) is 42.0 Å². The van der Waals surface area contributed by atoms with Gasteiger partial charge in [0, 0.05) is 24.9 Å². The lowest BCUT2D eigenvalue weighted by Crippen LogP contribution is -2.53. The van der Waals surface area contributed by atoms with Gasteiger partial charge >= 0.3 is 0 Å². The Balaban J connectivity index is 2.36. The molecule has 0 heterocycles. The van der Waals surface area contributed by atoms with E-state index < -0.39 is 8.32 Å². The molecule has 1 aromatic carbocycles. The van der Waals surface area contributed by atoms with Gasteiger partial charge in [-0.3, -0.25) is 4.79 Å². The van der Waals surface area contributed by atoms with E-state index in [0.717, 1.165) is 5.56 Å². The largest absolute Gasteiger partial charge is 0.415 e. The summed E-state index contributed by atoms with van der Waals surface area (Å²) in [7, 11) is -1.94. The summed E-state index contributed by atoms with van der Waals surface area (Å²) in [6.45, 7) is 18.5. The van der Waals surface area contributed by atoms with Crippen LogP contribution in [0.15, 0.2) is 30.8 Å². The molecular weight excluding hydrogens is 324 g/mol. The Morgan fingerprint density at radius 2 is 1.60 bits per heavy atom. The number of ketones is 1. The Hall–Kier alpha value is -1.19.